The Morgan fingerprint density at radius 2 is 2.27 bits per heavy atom. The first kappa shape index (κ1) is 16.1. The molecule has 0 saturated carbocycles. The summed E-state index contributed by atoms with van der Waals surface area (Å²) < 4.78 is 6.49. The van der Waals surface area contributed by atoms with Gasteiger partial charge >= 0.3 is 5.97 Å². The average molecular weight is 324 g/mol. The molecule has 8 nitrogen and oxygen atoms in total. The first-order chi connectivity index (χ1) is 10.4. The first-order valence-electron chi connectivity index (χ1n) is 6.35. The topological polar surface area (TPSA) is 106 Å². The molecule has 2 N–H and O–H groups in total. The fraction of sp³-hybridized carbons (Fsp3) is 0.385. The van der Waals surface area contributed by atoms with E-state index < -0.39 is 17.4 Å². The molecule has 0 spiro atoms. The Morgan fingerprint density at radius 3 is 2.82 bits per heavy atom. The molecular formula is C13H16N4O4S. The van der Waals surface area contributed by atoms with Gasteiger partial charge in [-0.3, -0.25) is 9.48 Å². The number of hydrogen-bond acceptors (Lipinski definition) is 6. The summed E-state index contributed by atoms with van der Waals surface area (Å²) in [7, 11) is 3.16. The van der Waals surface area contributed by atoms with Crippen LogP contribution in [0.2, 0.25) is 0 Å². The highest BCUT2D eigenvalue weighted by molar-refractivity contribution is 7.13. The third-order valence-electron chi connectivity index (χ3n) is 2.98. The molecule has 22 heavy (non-hydrogen) atoms. The minimum atomic E-state index is -1.51. The number of carbonyl (C=O) groups is 2. The summed E-state index contributed by atoms with van der Waals surface area (Å²) in [6.45, 7) is 1.23. The van der Waals surface area contributed by atoms with Crippen LogP contribution in [0, 0.1) is 0 Å². The van der Waals surface area contributed by atoms with Crippen LogP contribution < -0.4 is 5.32 Å². The van der Waals surface area contributed by atoms with Crippen molar-refractivity contribution in [3.05, 3.63) is 23.5 Å². The molecule has 1 atom stereocenters. The smallest absolute Gasteiger partial charge is 0.331 e. The predicted molar refractivity (Wildman–Crippen MR) is 79.7 cm³/mol. The molecule has 2 heterocycles. The standard InChI is InChI=1S/C13H16N4O4S/c1-13(7-21-3,12(19)20)16-10(18)9-6-22-11(15-9)8-4-14-17(2)5-8/h4-6H,7H2,1-3H3,(H,16,18)(H,19,20). The van der Waals surface area contributed by atoms with Gasteiger partial charge in [0.2, 0.25) is 0 Å². The molecule has 9 heteroatoms. The largest absolute Gasteiger partial charge is 0.479 e. The molecule has 0 radical (unpaired) electrons. The Balaban J connectivity index is 2.16. The maximum absolute atomic E-state index is 12.2. The minimum Gasteiger partial charge on any atom is -0.479 e. The Kier molecular flexibility index (Phi) is 4.57. The van der Waals surface area contributed by atoms with E-state index in [-0.39, 0.29) is 12.3 Å². The van der Waals surface area contributed by atoms with E-state index in [4.69, 9.17) is 4.74 Å². The number of carboxylic acid groups (broad SMARTS) is 1. The van der Waals surface area contributed by atoms with E-state index in [1.54, 1.807) is 29.5 Å². The van der Waals surface area contributed by atoms with Crippen LogP contribution in [0.1, 0.15) is 17.4 Å². The highest BCUT2D eigenvalue weighted by Crippen LogP contribution is 2.23. The second-order valence-electron chi connectivity index (χ2n) is 4.96. The molecule has 2 aromatic rings. The second-order valence-corrected chi connectivity index (χ2v) is 5.82. The lowest BCUT2D eigenvalue weighted by Gasteiger charge is -2.24. The summed E-state index contributed by atoms with van der Waals surface area (Å²) in [6, 6.07) is 0. The molecule has 2 rings (SSSR count). The average Bonchev–Trinajstić information content (AvgIpc) is 3.07. The number of thiazole rings is 1. The molecule has 0 bridgehead atoms. The molecular weight excluding hydrogens is 308 g/mol. The number of aryl methyl sites for hydroxylation is 1. The van der Waals surface area contributed by atoms with E-state index in [0.717, 1.165) is 5.56 Å². The van der Waals surface area contributed by atoms with E-state index in [0.29, 0.717) is 5.01 Å². The molecule has 1 amide bonds. The third kappa shape index (κ3) is 3.31. The Labute approximate surface area is 130 Å². The van der Waals surface area contributed by atoms with Crippen LogP contribution in [0.5, 0.6) is 0 Å². The summed E-state index contributed by atoms with van der Waals surface area (Å²) in [5, 5.41) is 17.9. The van der Waals surface area contributed by atoms with Gasteiger partial charge in [0.05, 0.1) is 12.8 Å². The summed E-state index contributed by atoms with van der Waals surface area (Å²) in [6.07, 6.45) is 3.43. The van der Waals surface area contributed by atoms with Crippen molar-refractivity contribution in [1.82, 2.24) is 20.1 Å². The van der Waals surface area contributed by atoms with Crippen LogP contribution >= 0.6 is 11.3 Å². The van der Waals surface area contributed by atoms with Crippen molar-refractivity contribution < 1.29 is 19.4 Å². The van der Waals surface area contributed by atoms with Crippen molar-refractivity contribution in [3.63, 3.8) is 0 Å². The molecule has 0 aromatic carbocycles. The van der Waals surface area contributed by atoms with Crippen LogP contribution in [-0.2, 0) is 16.6 Å². The van der Waals surface area contributed by atoms with Crippen LogP contribution in [-0.4, -0.2) is 51.0 Å². The quantitative estimate of drug-likeness (QED) is 0.812. The van der Waals surface area contributed by atoms with Crippen LogP contribution in [0.25, 0.3) is 10.6 Å². The van der Waals surface area contributed by atoms with Gasteiger partial charge in [-0.1, -0.05) is 0 Å². The molecule has 0 fully saturated rings. The second kappa shape index (κ2) is 6.24. The Morgan fingerprint density at radius 1 is 1.55 bits per heavy atom. The normalized spacial score (nSPS) is 13.6. The van der Waals surface area contributed by atoms with Crippen molar-refractivity contribution in [2.45, 2.75) is 12.5 Å². The highest BCUT2D eigenvalue weighted by Gasteiger charge is 2.35. The van der Waals surface area contributed by atoms with Gasteiger partial charge in [0, 0.05) is 31.3 Å². The van der Waals surface area contributed by atoms with Crippen molar-refractivity contribution >= 4 is 23.2 Å². The summed E-state index contributed by atoms with van der Waals surface area (Å²) in [5.41, 5.74) is -0.555. The van der Waals surface area contributed by atoms with Gasteiger partial charge in [-0.25, -0.2) is 9.78 Å². The fourth-order valence-electron chi connectivity index (χ4n) is 1.80. The van der Waals surface area contributed by atoms with E-state index in [9.17, 15) is 14.7 Å². The lowest BCUT2D eigenvalue weighted by atomic mass is 10.0. The summed E-state index contributed by atoms with van der Waals surface area (Å²) >= 11 is 1.29. The number of hydrogen-bond donors (Lipinski definition) is 2. The predicted octanol–water partition coefficient (Wildman–Crippen LogP) is 0.763. The molecule has 1 unspecified atom stereocenters. The van der Waals surface area contributed by atoms with Gasteiger partial charge in [-0.05, 0) is 6.92 Å². The SMILES string of the molecule is COCC(C)(NC(=O)c1csc(-c2cnn(C)c2)n1)C(=O)O. The van der Waals surface area contributed by atoms with Gasteiger partial charge in [0.1, 0.15) is 10.7 Å². The molecule has 2 aromatic heterocycles. The number of aliphatic carboxylic acids is 1. The third-order valence-corrected chi connectivity index (χ3v) is 3.87. The number of rotatable bonds is 6. The first-order valence-corrected chi connectivity index (χ1v) is 7.23. The monoisotopic (exact) mass is 324 g/mol. The number of methoxy groups -OCH3 is 1. The number of aromatic nitrogens is 3. The molecule has 0 aliphatic heterocycles. The Bertz CT molecular complexity index is 696. The molecule has 0 aliphatic rings. The van der Waals surface area contributed by atoms with Gasteiger partial charge in [-0.2, -0.15) is 5.10 Å². The van der Waals surface area contributed by atoms with Crippen molar-refractivity contribution in [1.29, 1.82) is 0 Å². The fourth-order valence-corrected chi connectivity index (χ4v) is 2.57. The van der Waals surface area contributed by atoms with Gasteiger partial charge in [-0.15, -0.1) is 11.3 Å². The maximum Gasteiger partial charge on any atom is 0.331 e. The van der Waals surface area contributed by atoms with Gasteiger partial charge in [0.25, 0.3) is 5.91 Å². The number of amides is 1. The van der Waals surface area contributed by atoms with E-state index in [2.05, 4.69) is 15.4 Å². The number of carbonyl (C=O) groups excluding carboxylic acids is 1. The lowest BCUT2D eigenvalue weighted by Crippen LogP contribution is -2.55. The summed E-state index contributed by atoms with van der Waals surface area (Å²) in [4.78, 5) is 27.7. The number of nitrogens with zero attached hydrogens (tertiary/aromatic N) is 3. The van der Waals surface area contributed by atoms with Crippen LogP contribution in [0.3, 0.4) is 0 Å². The zero-order chi connectivity index (χ0) is 16.3. The van der Waals surface area contributed by atoms with Crippen molar-refractivity contribution in [2.24, 2.45) is 7.05 Å². The summed E-state index contributed by atoms with van der Waals surface area (Å²) in [5.74, 6) is -1.74. The highest BCUT2D eigenvalue weighted by atomic mass is 32.1. The Hall–Kier alpha value is -2.26. The van der Waals surface area contributed by atoms with Crippen LogP contribution in [0.15, 0.2) is 17.8 Å². The van der Waals surface area contributed by atoms with Gasteiger partial charge < -0.3 is 15.2 Å². The molecule has 0 aliphatic carbocycles. The number of carboxylic acids is 1. The molecule has 0 saturated heterocycles. The lowest BCUT2D eigenvalue weighted by molar-refractivity contribution is -0.145. The van der Waals surface area contributed by atoms with Crippen molar-refractivity contribution in [2.75, 3.05) is 13.7 Å². The van der Waals surface area contributed by atoms with Gasteiger partial charge in [0.15, 0.2) is 5.54 Å². The van der Waals surface area contributed by atoms with Crippen molar-refractivity contribution in [3.8, 4) is 10.6 Å². The van der Waals surface area contributed by atoms with Crippen LogP contribution in [0.4, 0.5) is 0 Å². The minimum absolute atomic E-state index is 0.145. The maximum atomic E-state index is 12.2. The van der Waals surface area contributed by atoms with E-state index in [1.807, 2.05) is 0 Å². The van der Waals surface area contributed by atoms with E-state index >= 15 is 0 Å². The van der Waals surface area contributed by atoms with E-state index in [1.165, 1.54) is 25.4 Å². The molecule has 118 valence electrons. The zero-order valence-corrected chi connectivity index (χ0v) is 13.2. The number of ether oxygens (including phenoxy) is 1. The zero-order valence-electron chi connectivity index (χ0n) is 12.4. The number of nitrogens with one attached hydrogen (secondary N) is 1.